The molecule has 0 N–H and O–H groups in total. The van der Waals surface area contributed by atoms with E-state index in [9.17, 15) is 0 Å². The van der Waals surface area contributed by atoms with Gasteiger partial charge in [-0.05, 0) is 128 Å². The molecule has 12 rings (SSSR count). The molecule has 0 radical (unpaired) electrons. The van der Waals surface area contributed by atoms with Crippen LogP contribution in [0.15, 0.2) is 237 Å². The van der Waals surface area contributed by atoms with E-state index in [-0.39, 0.29) is 0 Å². The maximum Gasteiger partial charge on any atom is 0.0547 e. The van der Waals surface area contributed by atoms with E-state index in [1.807, 2.05) is 11.3 Å². The Balaban J connectivity index is 1.09. The first kappa shape index (κ1) is 36.1. The second kappa shape index (κ2) is 15.0. The average Bonchev–Trinajstić information content (AvgIpc) is 3.90. The van der Waals surface area contributed by atoms with Crippen LogP contribution >= 0.6 is 11.3 Å². The van der Waals surface area contributed by atoms with Crippen molar-refractivity contribution in [1.29, 1.82) is 0 Å². The van der Waals surface area contributed by atoms with Crippen molar-refractivity contribution in [3.05, 3.63) is 237 Å². The Hall–Kier alpha value is -7.78. The summed E-state index contributed by atoms with van der Waals surface area (Å²) < 4.78 is 5.06. The van der Waals surface area contributed by atoms with Gasteiger partial charge in [0.2, 0.25) is 0 Å². The van der Waals surface area contributed by atoms with Gasteiger partial charge in [0.05, 0.1) is 11.0 Å². The number of rotatable bonds is 7. The minimum atomic E-state index is 1.15. The molecule has 0 unspecified atom stereocenters. The topological polar surface area (TPSA) is 4.93 Å². The van der Waals surface area contributed by atoms with E-state index in [1.54, 1.807) is 0 Å². The summed E-state index contributed by atoms with van der Waals surface area (Å²) in [5.41, 5.74) is 18.0. The molecule has 0 saturated heterocycles. The molecule has 2 heteroatoms. The van der Waals surface area contributed by atoms with Crippen molar-refractivity contribution in [2.24, 2.45) is 0 Å². The van der Waals surface area contributed by atoms with E-state index in [4.69, 9.17) is 0 Å². The summed E-state index contributed by atoms with van der Waals surface area (Å²) in [7, 11) is 0. The Morgan fingerprint density at radius 2 is 0.726 bits per heavy atom. The molecule has 62 heavy (non-hydrogen) atoms. The average molecular weight is 806 g/mol. The molecule has 10 aromatic carbocycles. The van der Waals surface area contributed by atoms with E-state index in [0.717, 1.165) is 5.69 Å². The molecule has 0 fully saturated rings. The van der Waals surface area contributed by atoms with Crippen molar-refractivity contribution in [3.8, 4) is 72.4 Å². The largest absolute Gasteiger partial charge is 0.309 e. The fourth-order valence-corrected chi connectivity index (χ4v) is 10.5. The molecule has 2 aromatic heterocycles. The summed E-state index contributed by atoms with van der Waals surface area (Å²) in [6.07, 6.45) is 0. The van der Waals surface area contributed by atoms with Gasteiger partial charge in [0.15, 0.2) is 0 Å². The predicted octanol–water partition coefficient (Wildman–Crippen LogP) is 17.2. The number of fused-ring (bicyclic) bond motifs is 6. The normalized spacial score (nSPS) is 11.5. The predicted molar refractivity (Wildman–Crippen MR) is 266 cm³/mol. The maximum absolute atomic E-state index is 2.43. The highest BCUT2D eigenvalue weighted by atomic mass is 32.1. The van der Waals surface area contributed by atoms with E-state index < -0.39 is 0 Å². The van der Waals surface area contributed by atoms with Crippen molar-refractivity contribution in [2.45, 2.75) is 0 Å². The Bertz CT molecular complexity index is 3580. The fourth-order valence-electron chi connectivity index (χ4n) is 9.31. The highest BCUT2D eigenvalue weighted by Gasteiger charge is 2.18. The van der Waals surface area contributed by atoms with E-state index in [0.29, 0.717) is 0 Å². The number of aromatic nitrogens is 1. The summed E-state index contributed by atoms with van der Waals surface area (Å²) >= 11 is 1.89. The van der Waals surface area contributed by atoms with Crippen LogP contribution in [0.25, 0.3) is 114 Å². The molecule has 0 bridgehead atoms. The lowest BCUT2D eigenvalue weighted by molar-refractivity contribution is 1.18. The van der Waals surface area contributed by atoms with Crippen LogP contribution in [0.3, 0.4) is 0 Å². The molecular weight excluding hydrogens is 767 g/mol. The molecule has 290 valence electrons. The third-order valence-electron chi connectivity index (χ3n) is 12.4. The van der Waals surface area contributed by atoms with Crippen LogP contribution in [0.1, 0.15) is 0 Å². The van der Waals surface area contributed by atoms with Gasteiger partial charge in [-0.25, -0.2) is 0 Å². The van der Waals surface area contributed by atoms with Crippen molar-refractivity contribution in [1.82, 2.24) is 4.57 Å². The Labute approximate surface area is 365 Å². The summed E-state index contributed by atoms with van der Waals surface area (Å²) in [5.74, 6) is 0. The van der Waals surface area contributed by atoms with Gasteiger partial charge in [-0.2, -0.15) is 0 Å². The summed E-state index contributed by atoms with van der Waals surface area (Å²) in [6, 6.07) is 86.8. The monoisotopic (exact) mass is 805 g/mol. The van der Waals surface area contributed by atoms with Gasteiger partial charge < -0.3 is 4.57 Å². The summed E-state index contributed by atoms with van der Waals surface area (Å²) in [4.78, 5) is 0. The Morgan fingerprint density at radius 3 is 1.42 bits per heavy atom. The lowest BCUT2D eigenvalue weighted by Crippen LogP contribution is -1.93. The summed E-state index contributed by atoms with van der Waals surface area (Å²) in [5, 5.41) is 5.08. The molecule has 0 aliphatic rings. The number of para-hydroxylation sites is 1. The molecule has 0 aliphatic carbocycles. The first-order valence-electron chi connectivity index (χ1n) is 21.2. The van der Waals surface area contributed by atoms with Crippen molar-refractivity contribution in [2.75, 3.05) is 0 Å². The first-order chi connectivity index (χ1) is 30.7. The smallest absolute Gasteiger partial charge is 0.0547 e. The molecule has 0 amide bonds. The molecule has 0 atom stereocenters. The quantitative estimate of drug-likeness (QED) is 0.151. The van der Waals surface area contributed by atoms with E-state index >= 15 is 0 Å². The summed E-state index contributed by atoms with van der Waals surface area (Å²) in [6.45, 7) is 0. The van der Waals surface area contributed by atoms with Gasteiger partial charge >= 0.3 is 0 Å². The standard InChI is InChI=1S/C60H39NS/c1-5-15-40(16-6-1)42-25-27-43(28-26-42)47-33-48(35-49(34-47)50-37-54(44-19-9-3-10-20-44)60-56(38-50)53-23-13-14-24-59(53)62-60)46-29-31-52-55-36-45(41-17-7-2-8-18-41)30-32-57(55)61(58(52)39-46)51-21-11-4-12-22-51/h1-39H. The van der Waals surface area contributed by atoms with E-state index in [2.05, 4.69) is 241 Å². The number of thiophene rings is 1. The van der Waals surface area contributed by atoms with Crippen LogP contribution in [0, 0.1) is 0 Å². The molecule has 0 saturated carbocycles. The van der Waals surface area contributed by atoms with Crippen LogP contribution in [0.5, 0.6) is 0 Å². The lowest BCUT2D eigenvalue weighted by Gasteiger charge is -2.14. The zero-order valence-electron chi connectivity index (χ0n) is 33.9. The highest BCUT2D eigenvalue weighted by Crippen LogP contribution is 2.45. The van der Waals surface area contributed by atoms with Gasteiger partial charge in [-0.1, -0.05) is 170 Å². The van der Waals surface area contributed by atoms with Crippen molar-refractivity contribution >= 4 is 53.3 Å². The zero-order valence-corrected chi connectivity index (χ0v) is 34.7. The number of nitrogens with zero attached hydrogens (tertiary/aromatic N) is 1. The van der Waals surface area contributed by atoms with E-state index in [1.165, 1.54) is 109 Å². The Morgan fingerprint density at radius 1 is 0.258 bits per heavy atom. The number of hydrogen-bond donors (Lipinski definition) is 0. The fraction of sp³-hybridized carbons (Fsp3) is 0. The van der Waals surface area contributed by atoms with Crippen LogP contribution in [-0.2, 0) is 0 Å². The molecule has 12 aromatic rings. The van der Waals surface area contributed by atoms with Gasteiger partial charge in [0, 0.05) is 42.2 Å². The van der Waals surface area contributed by atoms with Crippen LogP contribution in [-0.4, -0.2) is 4.57 Å². The molecule has 0 aliphatic heterocycles. The van der Waals surface area contributed by atoms with Gasteiger partial charge in [-0.3, -0.25) is 0 Å². The van der Waals surface area contributed by atoms with Gasteiger partial charge in [0.1, 0.15) is 0 Å². The second-order valence-electron chi connectivity index (χ2n) is 16.1. The number of hydrogen-bond acceptors (Lipinski definition) is 1. The van der Waals surface area contributed by atoms with Crippen LogP contribution in [0.2, 0.25) is 0 Å². The Kier molecular flexibility index (Phi) is 8.76. The molecular formula is C60H39NS. The third kappa shape index (κ3) is 6.32. The second-order valence-corrected chi connectivity index (χ2v) is 17.2. The van der Waals surface area contributed by atoms with Crippen molar-refractivity contribution < 1.29 is 0 Å². The first-order valence-corrected chi connectivity index (χ1v) is 22.0. The zero-order chi connectivity index (χ0) is 41.0. The van der Waals surface area contributed by atoms with Crippen molar-refractivity contribution in [3.63, 3.8) is 0 Å². The van der Waals surface area contributed by atoms with Crippen LogP contribution in [0.4, 0.5) is 0 Å². The minimum Gasteiger partial charge on any atom is -0.309 e. The highest BCUT2D eigenvalue weighted by molar-refractivity contribution is 7.26. The molecule has 2 heterocycles. The minimum absolute atomic E-state index is 1.15. The van der Waals surface area contributed by atoms with Gasteiger partial charge in [-0.15, -0.1) is 11.3 Å². The number of benzene rings is 10. The molecule has 0 spiro atoms. The van der Waals surface area contributed by atoms with Crippen LogP contribution < -0.4 is 0 Å². The van der Waals surface area contributed by atoms with Gasteiger partial charge in [0.25, 0.3) is 0 Å². The third-order valence-corrected chi connectivity index (χ3v) is 13.6. The SMILES string of the molecule is c1ccc(-c2ccc(-c3cc(-c4cc(-c5ccccc5)c5sc6ccccc6c5c4)cc(-c4ccc5c6cc(-c7ccccc7)ccc6n(-c6ccccc6)c5c4)c3)cc2)cc1. The lowest BCUT2D eigenvalue weighted by atomic mass is 9.90. The molecule has 1 nitrogen and oxygen atoms in total. The maximum atomic E-state index is 2.43.